The van der Waals surface area contributed by atoms with Gasteiger partial charge >= 0.3 is 0 Å². The zero-order valence-corrected chi connectivity index (χ0v) is 19.4. The van der Waals surface area contributed by atoms with E-state index in [0.717, 1.165) is 18.7 Å². The number of aromatic nitrogens is 1. The molecule has 0 atom stereocenters. The summed E-state index contributed by atoms with van der Waals surface area (Å²) >= 11 is 0. The minimum absolute atomic E-state index is 0.455. The third kappa shape index (κ3) is 5.89. The van der Waals surface area contributed by atoms with Gasteiger partial charge in [-0.05, 0) is 70.2 Å². The minimum atomic E-state index is -0.773. The maximum atomic E-state index is 10.2. The molecule has 0 unspecified atom stereocenters. The van der Waals surface area contributed by atoms with Gasteiger partial charge in [0.1, 0.15) is 11.4 Å². The Morgan fingerprint density at radius 2 is 1.67 bits per heavy atom. The van der Waals surface area contributed by atoms with Gasteiger partial charge in [-0.15, -0.1) is 0 Å². The van der Waals surface area contributed by atoms with Crippen LogP contribution in [0.1, 0.15) is 60.8 Å². The predicted octanol–water partition coefficient (Wildman–Crippen LogP) is 7.06. The van der Waals surface area contributed by atoms with Crippen molar-refractivity contribution in [3.8, 4) is 17.0 Å². The van der Waals surface area contributed by atoms with E-state index in [9.17, 15) is 5.11 Å². The fraction of sp³-hybridized carbons (Fsp3) is 0.481. The number of nitrogens with zero attached hydrogens (tertiary/aromatic N) is 1. The number of aliphatic hydroxyl groups is 1. The van der Waals surface area contributed by atoms with Crippen LogP contribution in [-0.2, 0) is 6.54 Å². The molecule has 0 radical (unpaired) electrons. The first-order valence-electron chi connectivity index (χ1n) is 11.1. The molecule has 0 fully saturated rings. The lowest BCUT2D eigenvalue weighted by Gasteiger charge is -2.32. The van der Waals surface area contributed by atoms with Crippen LogP contribution >= 0.6 is 0 Å². The van der Waals surface area contributed by atoms with Gasteiger partial charge in [-0.3, -0.25) is 0 Å². The van der Waals surface area contributed by atoms with E-state index < -0.39 is 11.2 Å². The van der Waals surface area contributed by atoms with E-state index in [1.807, 2.05) is 33.8 Å². The van der Waals surface area contributed by atoms with Crippen molar-refractivity contribution in [2.75, 3.05) is 0 Å². The second-order valence-corrected chi connectivity index (χ2v) is 10.2. The number of hydrogen-bond acceptors (Lipinski definition) is 2. The number of ether oxygens (including phenoxy) is 1. The number of fused-ring (bicyclic) bond motifs is 1. The first-order valence-corrected chi connectivity index (χ1v) is 11.1. The van der Waals surface area contributed by atoms with Crippen LogP contribution in [0.2, 0.25) is 0 Å². The summed E-state index contributed by atoms with van der Waals surface area (Å²) in [7, 11) is 0. The van der Waals surface area contributed by atoms with Crippen molar-refractivity contribution in [1.29, 1.82) is 0 Å². The van der Waals surface area contributed by atoms with Gasteiger partial charge in [0.05, 0.1) is 11.1 Å². The lowest BCUT2D eigenvalue weighted by atomic mass is 9.92. The highest BCUT2D eigenvalue weighted by molar-refractivity contribution is 5.88. The summed E-state index contributed by atoms with van der Waals surface area (Å²) in [6, 6.07) is 19.2. The molecule has 0 bridgehead atoms. The Morgan fingerprint density at radius 3 is 2.30 bits per heavy atom. The second-order valence-electron chi connectivity index (χ2n) is 10.2. The van der Waals surface area contributed by atoms with Crippen molar-refractivity contribution in [3.05, 3.63) is 54.6 Å². The van der Waals surface area contributed by atoms with Crippen molar-refractivity contribution >= 4 is 10.9 Å². The van der Waals surface area contributed by atoms with Crippen molar-refractivity contribution in [2.45, 2.75) is 78.6 Å². The summed E-state index contributed by atoms with van der Waals surface area (Å²) in [5.74, 6) is 1.55. The molecule has 0 saturated carbocycles. The van der Waals surface area contributed by atoms with Gasteiger partial charge in [-0.2, -0.15) is 0 Å². The number of rotatable bonds is 9. The molecule has 3 aromatic rings. The number of hydrogen-bond donors (Lipinski definition) is 1. The Bertz CT molecular complexity index is 962. The number of aryl methyl sites for hydroxylation is 1. The standard InChI is InChI=1S/C27H37NO2/c1-20(2)11-10-16-28-24(21-12-8-7-9-13-21)17-22-14-15-23(18-25(22)28)30-27(5,6)19-26(3,4)29/h7-9,12-15,17-18,20,29H,10-11,16,19H2,1-6H3. The largest absolute Gasteiger partial charge is 0.488 e. The Hall–Kier alpha value is -2.26. The van der Waals surface area contributed by atoms with Crippen molar-refractivity contribution < 1.29 is 9.84 Å². The van der Waals surface area contributed by atoms with Crippen LogP contribution in [0.4, 0.5) is 0 Å². The monoisotopic (exact) mass is 407 g/mol. The number of benzene rings is 2. The zero-order chi connectivity index (χ0) is 21.9. The summed E-state index contributed by atoms with van der Waals surface area (Å²) in [4.78, 5) is 0. The SMILES string of the molecule is CC(C)CCCn1c(-c2ccccc2)cc2ccc(OC(C)(C)CC(C)(C)O)cc21. The molecule has 3 nitrogen and oxygen atoms in total. The van der Waals surface area contributed by atoms with Crippen molar-refractivity contribution in [1.82, 2.24) is 4.57 Å². The molecule has 0 saturated heterocycles. The highest BCUT2D eigenvalue weighted by atomic mass is 16.5. The van der Waals surface area contributed by atoms with Crippen molar-refractivity contribution in [2.24, 2.45) is 5.92 Å². The van der Waals surface area contributed by atoms with E-state index in [2.05, 4.69) is 66.9 Å². The minimum Gasteiger partial charge on any atom is -0.488 e. The molecule has 3 rings (SSSR count). The first-order chi connectivity index (χ1) is 14.0. The van der Waals surface area contributed by atoms with E-state index in [0.29, 0.717) is 12.3 Å². The smallest absolute Gasteiger partial charge is 0.122 e. The lowest BCUT2D eigenvalue weighted by molar-refractivity contribution is -0.0105. The van der Waals surface area contributed by atoms with Crippen LogP contribution in [0.15, 0.2) is 54.6 Å². The molecule has 1 N–H and O–H groups in total. The van der Waals surface area contributed by atoms with E-state index >= 15 is 0 Å². The summed E-state index contributed by atoms with van der Waals surface area (Å²) in [6.45, 7) is 13.3. The average Bonchev–Trinajstić information content (AvgIpc) is 2.98. The molecule has 2 aromatic carbocycles. The predicted molar refractivity (Wildman–Crippen MR) is 127 cm³/mol. The molecule has 0 aliphatic carbocycles. The summed E-state index contributed by atoms with van der Waals surface area (Å²) in [5, 5.41) is 11.5. The van der Waals surface area contributed by atoms with Gasteiger partial charge in [0.2, 0.25) is 0 Å². The maximum absolute atomic E-state index is 10.2. The Balaban J connectivity index is 1.98. The maximum Gasteiger partial charge on any atom is 0.122 e. The fourth-order valence-corrected chi connectivity index (χ4v) is 4.44. The Labute approximate surface area is 181 Å². The molecule has 0 aliphatic heterocycles. The Kier molecular flexibility index (Phi) is 6.62. The van der Waals surface area contributed by atoms with Gasteiger partial charge in [0.25, 0.3) is 0 Å². The highest BCUT2D eigenvalue weighted by Crippen LogP contribution is 2.33. The summed E-state index contributed by atoms with van der Waals surface area (Å²) in [5.41, 5.74) is 2.47. The van der Waals surface area contributed by atoms with Gasteiger partial charge in [0.15, 0.2) is 0 Å². The van der Waals surface area contributed by atoms with E-state index in [4.69, 9.17) is 4.74 Å². The average molecular weight is 408 g/mol. The molecule has 1 aromatic heterocycles. The van der Waals surface area contributed by atoms with Gasteiger partial charge in [-0.25, -0.2) is 0 Å². The van der Waals surface area contributed by atoms with E-state index in [1.54, 1.807) is 0 Å². The lowest BCUT2D eigenvalue weighted by Crippen LogP contribution is -2.37. The second kappa shape index (κ2) is 8.85. The summed E-state index contributed by atoms with van der Waals surface area (Å²) in [6.07, 6.45) is 2.92. The molecule has 30 heavy (non-hydrogen) atoms. The van der Waals surface area contributed by atoms with Crippen LogP contribution in [0.5, 0.6) is 5.75 Å². The molecule has 162 valence electrons. The first kappa shape index (κ1) is 22.4. The molecule has 0 spiro atoms. The molecule has 0 amide bonds. The van der Waals surface area contributed by atoms with Crippen LogP contribution in [0.3, 0.4) is 0 Å². The van der Waals surface area contributed by atoms with Crippen LogP contribution in [0.25, 0.3) is 22.2 Å². The summed E-state index contributed by atoms with van der Waals surface area (Å²) < 4.78 is 8.76. The zero-order valence-electron chi connectivity index (χ0n) is 19.4. The molecule has 0 aliphatic rings. The topological polar surface area (TPSA) is 34.4 Å². The van der Waals surface area contributed by atoms with Gasteiger partial charge in [0, 0.05) is 30.1 Å². The van der Waals surface area contributed by atoms with Crippen LogP contribution < -0.4 is 4.74 Å². The Morgan fingerprint density at radius 1 is 0.967 bits per heavy atom. The van der Waals surface area contributed by atoms with Gasteiger partial charge < -0.3 is 14.4 Å². The van der Waals surface area contributed by atoms with E-state index in [1.165, 1.54) is 28.6 Å². The van der Waals surface area contributed by atoms with Gasteiger partial charge in [-0.1, -0.05) is 44.2 Å². The third-order valence-electron chi connectivity index (χ3n) is 5.36. The third-order valence-corrected chi connectivity index (χ3v) is 5.36. The quantitative estimate of drug-likeness (QED) is 0.412. The van der Waals surface area contributed by atoms with Crippen molar-refractivity contribution in [3.63, 3.8) is 0 Å². The van der Waals surface area contributed by atoms with E-state index in [-0.39, 0.29) is 0 Å². The van der Waals surface area contributed by atoms with Crippen LogP contribution in [-0.4, -0.2) is 20.9 Å². The molecular weight excluding hydrogens is 370 g/mol. The molecule has 1 heterocycles. The molecular formula is C27H37NO2. The van der Waals surface area contributed by atoms with Crippen LogP contribution in [0, 0.1) is 5.92 Å². The highest BCUT2D eigenvalue weighted by Gasteiger charge is 2.29. The normalized spacial score (nSPS) is 12.7. The fourth-order valence-electron chi connectivity index (χ4n) is 4.44. The molecule has 3 heteroatoms.